The van der Waals surface area contributed by atoms with Crippen LogP contribution < -0.4 is 10.2 Å². The Balaban J connectivity index is 2.18. The second kappa shape index (κ2) is 9.39. The van der Waals surface area contributed by atoms with Gasteiger partial charge in [-0.25, -0.2) is 12.7 Å². The molecule has 0 saturated heterocycles. The maximum atomic E-state index is 12.6. The topological polar surface area (TPSA) is 73.0 Å². The number of nitrogens with zero attached hydrogens (tertiary/aromatic N) is 3. The molecule has 158 valence electrons. The van der Waals surface area contributed by atoms with Crippen LogP contribution in [-0.2, 0) is 21.4 Å². The summed E-state index contributed by atoms with van der Waals surface area (Å²) in [6.45, 7) is 2.88. The van der Waals surface area contributed by atoms with Crippen molar-refractivity contribution in [3.8, 4) is 0 Å². The molecule has 0 fully saturated rings. The van der Waals surface area contributed by atoms with Gasteiger partial charge in [-0.2, -0.15) is 0 Å². The molecule has 1 amide bonds. The smallest absolute Gasteiger partial charge is 0.242 e. The number of amides is 1. The van der Waals surface area contributed by atoms with Crippen molar-refractivity contribution in [1.29, 1.82) is 0 Å². The summed E-state index contributed by atoms with van der Waals surface area (Å²) in [7, 11) is 4.93. The number of carbonyl (C=O) groups excluding carboxylic acids is 1. The molecule has 0 aliphatic carbocycles. The third kappa shape index (κ3) is 5.79. The lowest BCUT2D eigenvalue weighted by atomic mass is 10.1. The molecule has 29 heavy (non-hydrogen) atoms. The normalized spacial score (nSPS) is 11.7. The highest BCUT2D eigenvalue weighted by Gasteiger charge is 2.20. The number of anilines is 2. The molecular formula is C21H30N4O3S. The highest BCUT2D eigenvalue weighted by molar-refractivity contribution is 7.89. The second-order valence-electron chi connectivity index (χ2n) is 7.51. The van der Waals surface area contributed by atoms with Gasteiger partial charge in [-0.3, -0.25) is 9.69 Å². The molecule has 0 aromatic heterocycles. The molecule has 2 aromatic rings. The fraction of sp³-hybridized carbons (Fsp3) is 0.381. The minimum absolute atomic E-state index is 0.136. The Hall–Kier alpha value is -2.42. The predicted octanol–water partition coefficient (Wildman–Crippen LogP) is 2.38. The average molecular weight is 419 g/mol. The van der Waals surface area contributed by atoms with E-state index in [2.05, 4.69) is 5.32 Å². The number of rotatable bonds is 8. The van der Waals surface area contributed by atoms with Gasteiger partial charge in [0.1, 0.15) is 0 Å². The van der Waals surface area contributed by atoms with Crippen LogP contribution in [0, 0.1) is 6.92 Å². The Bertz CT molecular complexity index is 972. The zero-order valence-electron chi connectivity index (χ0n) is 17.9. The van der Waals surface area contributed by atoms with E-state index in [4.69, 9.17) is 0 Å². The van der Waals surface area contributed by atoms with Crippen LogP contribution in [-0.4, -0.2) is 65.3 Å². The molecule has 0 aliphatic heterocycles. The molecule has 0 spiro atoms. The molecule has 0 atom stereocenters. The van der Waals surface area contributed by atoms with Gasteiger partial charge in [0.25, 0.3) is 0 Å². The van der Waals surface area contributed by atoms with E-state index < -0.39 is 10.0 Å². The fourth-order valence-electron chi connectivity index (χ4n) is 2.95. The summed E-state index contributed by atoms with van der Waals surface area (Å²) < 4.78 is 26.1. The van der Waals surface area contributed by atoms with Crippen LogP contribution in [0.5, 0.6) is 0 Å². The van der Waals surface area contributed by atoms with Crippen molar-refractivity contribution in [2.75, 3.05) is 52.0 Å². The van der Waals surface area contributed by atoms with Gasteiger partial charge in [0.15, 0.2) is 0 Å². The molecule has 0 bridgehead atoms. The summed E-state index contributed by atoms with van der Waals surface area (Å²) in [6, 6.07) is 12.8. The summed E-state index contributed by atoms with van der Waals surface area (Å²) in [4.78, 5) is 16.5. The minimum atomic E-state index is -3.59. The molecule has 1 N–H and O–H groups in total. The molecule has 0 aliphatic rings. The number of benzene rings is 2. The zero-order valence-corrected chi connectivity index (χ0v) is 18.7. The van der Waals surface area contributed by atoms with E-state index in [0.717, 1.165) is 15.6 Å². The molecule has 0 radical (unpaired) electrons. The first-order valence-corrected chi connectivity index (χ1v) is 10.7. The van der Waals surface area contributed by atoms with E-state index in [9.17, 15) is 13.2 Å². The largest absolute Gasteiger partial charge is 0.376 e. The van der Waals surface area contributed by atoms with Crippen molar-refractivity contribution in [3.63, 3.8) is 0 Å². The summed E-state index contributed by atoms with van der Waals surface area (Å²) in [5, 5.41) is 2.87. The maximum Gasteiger partial charge on any atom is 0.242 e. The lowest BCUT2D eigenvalue weighted by molar-refractivity contribution is -0.117. The highest BCUT2D eigenvalue weighted by Crippen LogP contribution is 2.28. The van der Waals surface area contributed by atoms with Gasteiger partial charge in [0, 0.05) is 34.7 Å². The van der Waals surface area contributed by atoms with Crippen molar-refractivity contribution < 1.29 is 13.2 Å². The summed E-state index contributed by atoms with van der Waals surface area (Å²) in [5.41, 5.74) is 3.54. The van der Waals surface area contributed by atoms with Gasteiger partial charge in [0.05, 0.1) is 22.8 Å². The average Bonchev–Trinajstić information content (AvgIpc) is 2.63. The van der Waals surface area contributed by atoms with Crippen molar-refractivity contribution in [1.82, 2.24) is 9.21 Å². The van der Waals surface area contributed by atoms with E-state index in [1.165, 1.54) is 25.7 Å². The van der Waals surface area contributed by atoms with Gasteiger partial charge >= 0.3 is 0 Å². The molecule has 0 unspecified atom stereocenters. The Morgan fingerprint density at radius 1 is 1.00 bits per heavy atom. The van der Waals surface area contributed by atoms with Crippen molar-refractivity contribution >= 4 is 27.3 Å². The summed E-state index contributed by atoms with van der Waals surface area (Å²) >= 11 is 0. The lowest BCUT2D eigenvalue weighted by Crippen LogP contribution is -2.30. The van der Waals surface area contributed by atoms with E-state index in [1.54, 1.807) is 12.1 Å². The Morgan fingerprint density at radius 3 is 2.24 bits per heavy atom. The van der Waals surface area contributed by atoms with Crippen LogP contribution in [0.4, 0.5) is 11.4 Å². The van der Waals surface area contributed by atoms with E-state index in [1.807, 2.05) is 62.1 Å². The van der Waals surface area contributed by atoms with Crippen LogP contribution in [0.1, 0.15) is 11.1 Å². The van der Waals surface area contributed by atoms with Gasteiger partial charge in [0.2, 0.25) is 15.9 Å². The number of nitrogens with one attached hydrogen (secondary N) is 1. The number of hydrogen-bond acceptors (Lipinski definition) is 5. The number of hydrogen-bond donors (Lipinski definition) is 1. The predicted molar refractivity (Wildman–Crippen MR) is 118 cm³/mol. The summed E-state index contributed by atoms with van der Waals surface area (Å²) in [6.07, 6.45) is 0. The van der Waals surface area contributed by atoms with E-state index in [0.29, 0.717) is 12.2 Å². The molecule has 2 aromatic carbocycles. The van der Waals surface area contributed by atoms with Crippen LogP contribution in [0.25, 0.3) is 0 Å². The zero-order chi connectivity index (χ0) is 21.8. The SMILES string of the molecule is Cc1ccccc1CN(C)CC(=O)Nc1cc(S(=O)(=O)N(C)C)ccc1N(C)C. The number of likely N-dealkylation sites (N-methyl/N-ethyl adjacent to an activating group) is 1. The third-order valence-corrected chi connectivity index (χ3v) is 6.43. The van der Waals surface area contributed by atoms with Gasteiger partial charge in [-0.15, -0.1) is 0 Å². The van der Waals surface area contributed by atoms with Crippen molar-refractivity contribution in [3.05, 3.63) is 53.6 Å². The van der Waals surface area contributed by atoms with E-state index in [-0.39, 0.29) is 17.3 Å². The first-order chi connectivity index (χ1) is 13.5. The monoisotopic (exact) mass is 418 g/mol. The van der Waals surface area contributed by atoms with Crippen LogP contribution in [0.3, 0.4) is 0 Å². The van der Waals surface area contributed by atoms with Crippen LogP contribution >= 0.6 is 0 Å². The Kier molecular flexibility index (Phi) is 7.40. The van der Waals surface area contributed by atoms with Gasteiger partial charge < -0.3 is 10.2 Å². The molecule has 0 saturated carbocycles. The van der Waals surface area contributed by atoms with Gasteiger partial charge in [-0.1, -0.05) is 24.3 Å². The van der Waals surface area contributed by atoms with Gasteiger partial charge in [-0.05, 0) is 43.3 Å². The Labute approximate surface area is 174 Å². The first kappa shape index (κ1) is 22.9. The summed E-state index contributed by atoms with van der Waals surface area (Å²) in [5.74, 6) is -0.205. The quantitative estimate of drug-likeness (QED) is 0.713. The number of aryl methyl sites for hydroxylation is 1. The highest BCUT2D eigenvalue weighted by atomic mass is 32.2. The molecular weight excluding hydrogens is 388 g/mol. The van der Waals surface area contributed by atoms with Crippen LogP contribution in [0.2, 0.25) is 0 Å². The maximum absolute atomic E-state index is 12.6. The van der Waals surface area contributed by atoms with Crippen molar-refractivity contribution in [2.24, 2.45) is 0 Å². The second-order valence-corrected chi connectivity index (χ2v) is 9.66. The fourth-order valence-corrected chi connectivity index (χ4v) is 3.87. The molecule has 7 nitrogen and oxygen atoms in total. The molecule has 0 heterocycles. The lowest BCUT2D eigenvalue weighted by Gasteiger charge is -2.22. The number of carbonyl (C=O) groups is 1. The third-order valence-electron chi connectivity index (χ3n) is 4.62. The minimum Gasteiger partial charge on any atom is -0.376 e. The Morgan fingerprint density at radius 2 is 1.66 bits per heavy atom. The molecule has 2 rings (SSSR count). The first-order valence-electron chi connectivity index (χ1n) is 9.29. The standard InChI is InChI=1S/C21H30N4O3S/c1-16-9-7-8-10-17(16)14-25(6)15-21(26)22-19-13-18(29(27,28)24(4)5)11-12-20(19)23(2)3/h7-13H,14-15H2,1-6H3,(H,22,26). The van der Waals surface area contributed by atoms with E-state index >= 15 is 0 Å². The van der Waals surface area contributed by atoms with Crippen LogP contribution in [0.15, 0.2) is 47.4 Å². The van der Waals surface area contributed by atoms with Crippen molar-refractivity contribution in [2.45, 2.75) is 18.4 Å². The molecule has 8 heteroatoms. The number of sulfonamides is 1.